The molecule has 0 unspecified atom stereocenters. The smallest absolute Gasteiger partial charge is 0.296 e. The van der Waals surface area contributed by atoms with Crippen LogP contribution in [-0.4, -0.2) is 29.8 Å². The highest BCUT2D eigenvalue weighted by Crippen LogP contribution is 2.29. The molecule has 7 nitrogen and oxygen atoms in total. The van der Waals surface area contributed by atoms with Gasteiger partial charge in [-0.25, -0.2) is 4.79 Å². The molecule has 0 spiro atoms. The summed E-state index contributed by atoms with van der Waals surface area (Å²) in [6.07, 6.45) is 2.88. The molecule has 7 heteroatoms. The lowest BCUT2D eigenvalue weighted by atomic mass is 9.98. The lowest BCUT2D eigenvalue weighted by Crippen LogP contribution is -2.25. The summed E-state index contributed by atoms with van der Waals surface area (Å²) in [5.74, 6) is 0.572. The quantitative estimate of drug-likeness (QED) is 0.466. The summed E-state index contributed by atoms with van der Waals surface area (Å²) >= 11 is 0. The van der Waals surface area contributed by atoms with E-state index in [1.807, 2.05) is 27.3 Å². The Morgan fingerprint density at radius 1 is 0.935 bits per heavy atom. The van der Waals surface area contributed by atoms with E-state index in [0.29, 0.717) is 12.4 Å². The molecule has 0 aliphatic rings. The van der Waals surface area contributed by atoms with Gasteiger partial charge in [0.1, 0.15) is 0 Å². The van der Waals surface area contributed by atoms with Gasteiger partial charge in [-0.3, -0.25) is 9.13 Å². The summed E-state index contributed by atoms with van der Waals surface area (Å²) in [7, 11) is 0. The Labute approximate surface area is 181 Å². The number of hydrogen-bond acceptors (Lipinski definition) is 4. The van der Waals surface area contributed by atoms with E-state index in [1.54, 1.807) is 0 Å². The van der Waals surface area contributed by atoms with Gasteiger partial charge in [-0.1, -0.05) is 68.8 Å². The fourth-order valence-electron chi connectivity index (χ4n) is 4.14. The Morgan fingerprint density at radius 3 is 2.32 bits per heavy atom. The second kappa shape index (κ2) is 9.12. The van der Waals surface area contributed by atoms with Gasteiger partial charge in [-0.2, -0.15) is 5.21 Å². The summed E-state index contributed by atoms with van der Waals surface area (Å²) in [6, 6.07) is 16.4. The Morgan fingerprint density at radius 2 is 1.68 bits per heavy atom. The molecule has 0 aliphatic carbocycles. The monoisotopic (exact) mass is 416 g/mol. The Kier molecular flexibility index (Phi) is 6.11. The van der Waals surface area contributed by atoms with Crippen LogP contribution in [0, 0.1) is 6.92 Å². The van der Waals surface area contributed by atoms with Crippen LogP contribution in [0.2, 0.25) is 0 Å². The second-order valence-corrected chi connectivity index (χ2v) is 7.78. The van der Waals surface area contributed by atoms with Crippen molar-refractivity contribution in [2.45, 2.75) is 53.1 Å². The van der Waals surface area contributed by atoms with Gasteiger partial charge in [0.05, 0.1) is 6.54 Å². The van der Waals surface area contributed by atoms with Crippen molar-refractivity contribution >= 4 is 0 Å². The third kappa shape index (κ3) is 4.08. The molecule has 0 aliphatic heterocycles. The minimum atomic E-state index is 0.0920. The predicted molar refractivity (Wildman–Crippen MR) is 122 cm³/mol. The third-order valence-electron chi connectivity index (χ3n) is 5.66. The van der Waals surface area contributed by atoms with E-state index >= 15 is 0 Å². The van der Waals surface area contributed by atoms with Crippen molar-refractivity contribution in [3.63, 3.8) is 0 Å². The van der Waals surface area contributed by atoms with Crippen molar-refractivity contribution in [1.82, 2.24) is 29.8 Å². The second-order valence-electron chi connectivity index (χ2n) is 7.78. The molecule has 31 heavy (non-hydrogen) atoms. The number of aromatic amines is 1. The molecule has 0 fully saturated rings. The fourth-order valence-corrected chi connectivity index (χ4v) is 4.14. The molecule has 4 aromatic rings. The number of tetrazole rings is 1. The number of hydrogen-bond donors (Lipinski definition) is 1. The molecule has 2 aromatic carbocycles. The molecule has 160 valence electrons. The first kappa shape index (κ1) is 20.8. The van der Waals surface area contributed by atoms with Crippen LogP contribution < -0.4 is 5.69 Å². The van der Waals surface area contributed by atoms with E-state index in [1.165, 1.54) is 0 Å². The normalized spacial score (nSPS) is 11.2. The molecule has 0 radical (unpaired) electrons. The lowest BCUT2D eigenvalue weighted by molar-refractivity contribution is 0.612. The van der Waals surface area contributed by atoms with Crippen molar-refractivity contribution in [2.24, 2.45) is 0 Å². The Bertz CT molecular complexity index is 1200. The highest BCUT2D eigenvalue weighted by Gasteiger charge is 2.16. The number of aromatic nitrogens is 6. The molecule has 2 aromatic heterocycles. The van der Waals surface area contributed by atoms with E-state index in [2.05, 4.69) is 71.7 Å². The molecule has 0 bridgehead atoms. The lowest BCUT2D eigenvalue weighted by Gasteiger charge is -2.10. The van der Waals surface area contributed by atoms with Crippen molar-refractivity contribution in [2.75, 3.05) is 0 Å². The minimum Gasteiger partial charge on any atom is -0.296 e. The van der Waals surface area contributed by atoms with Crippen molar-refractivity contribution < 1.29 is 0 Å². The van der Waals surface area contributed by atoms with Crippen LogP contribution in [0.5, 0.6) is 0 Å². The zero-order valence-electron chi connectivity index (χ0n) is 18.3. The molecule has 0 amide bonds. The standard InChI is InChI=1S/C24H28N6O/c1-4-8-22-17(3)29(15-5-2)24(31)30(22)16-18-11-13-19(14-12-18)20-9-6-7-10-21(20)23-25-27-28-26-23/h6-7,9-14H,4-5,8,15-16H2,1-3H3,(H,25,26,27,28). The largest absolute Gasteiger partial charge is 0.328 e. The van der Waals surface area contributed by atoms with Crippen LogP contribution >= 0.6 is 0 Å². The molecular weight excluding hydrogens is 388 g/mol. The number of nitrogens with one attached hydrogen (secondary N) is 1. The fraction of sp³-hybridized carbons (Fsp3) is 0.333. The van der Waals surface area contributed by atoms with Crippen molar-refractivity contribution in [3.8, 4) is 22.5 Å². The molecular formula is C24H28N6O. The van der Waals surface area contributed by atoms with E-state index < -0.39 is 0 Å². The average Bonchev–Trinajstić information content (AvgIpc) is 3.40. The van der Waals surface area contributed by atoms with Gasteiger partial charge >= 0.3 is 5.69 Å². The number of nitrogens with zero attached hydrogens (tertiary/aromatic N) is 5. The first-order valence-corrected chi connectivity index (χ1v) is 10.8. The van der Waals surface area contributed by atoms with Gasteiger partial charge < -0.3 is 0 Å². The van der Waals surface area contributed by atoms with Crippen LogP contribution in [-0.2, 0) is 19.5 Å². The number of rotatable bonds is 8. The topological polar surface area (TPSA) is 81.4 Å². The molecule has 4 rings (SSSR count). The minimum absolute atomic E-state index is 0.0920. The summed E-state index contributed by atoms with van der Waals surface area (Å²) < 4.78 is 3.86. The van der Waals surface area contributed by atoms with E-state index in [0.717, 1.165) is 59.4 Å². The van der Waals surface area contributed by atoms with Gasteiger partial charge in [0.25, 0.3) is 0 Å². The maximum Gasteiger partial charge on any atom is 0.328 e. The van der Waals surface area contributed by atoms with Crippen LogP contribution in [0.1, 0.15) is 43.6 Å². The van der Waals surface area contributed by atoms with Gasteiger partial charge in [-0.15, -0.1) is 10.2 Å². The van der Waals surface area contributed by atoms with Gasteiger partial charge in [0.2, 0.25) is 5.82 Å². The van der Waals surface area contributed by atoms with Crippen LogP contribution in [0.4, 0.5) is 0 Å². The van der Waals surface area contributed by atoms with E-state index in [-0.39, 0.29) is 5.69 Å². The van der Waals surface area contributed by atoms with Gasteiger partial charge in [0.15, 0.2) is 0 Å². The van der Waals surface area contributed by atoms with Crippen molar-refractivity contribution in [3.05, 3.63) is 76.0 Å². The maximum absolute atomic E-state index is 13.0. The predicted octanol–water partition coefficient (Wildman–Crippen LogP) is 4.22. The summed E-state index contributed by atoms with van der Waals surface area (Å²) in [4.78, 5) is 13.0. The van der Waals surface area contributed by atoms with Crippen LogP contribution in [0.3, 0.4) is 0 Å². The molecule has 0 atom stereocenters. The zero-order chi connectivity index (χ0) is 21.8. The Hall–Kier alpha value is -3.48. The molecule has 1 N–H and O–H groups in total. The maximum atomic E-state index is 13.0. The number of H-pyrrole nitrogens is 1. The number of benzene rings is 2. The molecule has 0 saturated carbocycles. The van der Waals surface area contributed by atoms with E-state index in [4.69, 9.17) is 0 Å². The first-order chi connectivity index (χ1) is 15.1. The highest BCUT2D eigenvalue weighted by molar-refractivity contribution is 5.80. The average molecular weight is 417 g/mol. The SMILES string of the molecule is CCCc1c(C)n(CCC)c(=O)n1Cc1ccc(-c2ccccc2-c2nn[nH]n2)cc1. The van der Waals surface area contributed by atoms with Crippen molar-refractivity contribution in [1.29, 1.82) is 0 Å². The summed E-state index contributed by atoms with van der Waals surface area (Å²) in [5.41, 5.74) is 6.49. The Balaban J connectivity index is 1.66. The highest BCUT2D eigenvalue weighted by atomic mass is 16.1. The number of imidazole rings is 1. The first-order valence-electron chi connectivity index (χ1n) is 10.8. The van der Waals surface area contributed by atoms with Crippen LogP contribution in [0.15, 0.2) is 53.3 Å². The van der Waals surface area contributed by atoms with E-state index in [9.17, 15) is 4.79 Å². The zero-order valence-corrected chi connectivity index (χ0v) is 18.3. The molecule has 2 heterocycles. The van der Waals surface area contributed by atoms with Crippen LogP contribution in [0.25, 0.3) is 22.5 Å². The van der Waals surface area contributed by atoms with Gasteiger partial charge in [0, 0.05) is 23.5 Å². The summed E-state index contributed by atoms with van der Waals surface area (Å²) in [5, 5.41) is 14.4. The third-order valence-corrected chi connectivity index (χ3v) is 5.66. The molecule has 0 saturated heterocycles. The summed E-state index contributed by atoms with van der Waals surface area (Å²) in [6.45, 7) is 7.67. The van der Waals surface area contributed by atoms with Gasteiger partial charge in [-0.05, 0) is 41.7 Å².